The fourth-order valence-corrected chi connectivity index (χ4v) is 2.98. The normalized spacial score (nSPS) is 17.2. The van der Waals surface area contributed by atoms with Gasteiger partial charge in [-0.3, -0.25) is 0 Å². The average Bonchev–Trinajstić information content (AvgIpc) is 3.04. The van der Waals surface area contributed by atoms with Crippen LogP contribution in [-0.2, 0) is 7.05 Å². The predicted octanol–water partition coefficient (Wildman–Crippen LogP) is 3.47. The van der Waals surface area contributed by atoms with E-state index in [1.165, 1.54) is 11.4 Å². The number of fused-ring (bicyclic) bond motifs is 2. The highest BCUT2D eigenvalue weighted by Crippen LogP contribution is 2.33. The molecule has 110 valence electrons. The zero-order valence-corrected chi connectivity index (χ0v) is 12.7. The summed E-state index contributed by atoms with van der Waals surface area (Å²) in [6.07, 6.45) is 4.39. The van der Waals surface area contributed by atoms with Crippen molar-refractivity contribution in [2.24, 2.45) is 7.05 Å². The van der Waals surface area contributed by atoms with Crippen LogP contribution < -0.4 is 10.2 Å². The molecule has 0 bridgehead atoms. The summed E-state index contributed by atoms with van der Waals surface area (Å²) in [7, 11) is 4.15. The average molecular weight is 290 g/mol. The van der Waals surface area contributed by atoms with Crippen molar-refractivity contribution in [2.45, 2.75) is 6.17 Å². The molecule has 0 saturated heterocycles. The van der Waals surface area contributed by atoms with Gasteiger partial charge in [0.2, 0.25) is 0 Å². The maximum Gasteiger partial charge on any atom is 0.133 e. The lowest BCUT2D eigenvalue weighted by atomic mass is 10.3. The van der Waals surface area contributed by atoms with Crippen LogP contribution in [0.2, 0.25) is 0 Å². The number of aromatic nitrogens is 2. The summed E-state index contributed by atoms with van der Waals surface area (Å²) in [5.74, 6) is 0.965. The highest BCUT2D eigenvalue weighted by atomic mass is 15.3. The first-order valence-corrected chi connectivity index (χ1v) is 7.42. The van der Waals surface area contributed by atoms with E-state index in [1.54, 1.807) is 0 Å². The number of benzene rings is 2. The smallest absolute Gasteiger partial charge is 0.133 e. The molecule has 2 heterocycles. The number of nitrogens with zero attached hydrogens (tertiary/aromatic N) is 3. The fraction of sp³-hybridized carbons (Fsp3) is 0.167. The third kappa shape index (κ3) is 1.96. The summed E-state index contributed by atoms with van der Waals surface area (Å²) in [6, 6.07) is 16.6. The summed E-state index contributed by atoms with van der Waals surface area (Å²) in [5.41, 5.74) is 4.57. The van der Waals surface area contributed by atoms with Gasteiger partial charge >= 0.3 is 0 Å². The van der Waals surface area contributed by atoms with Crippen molar-refractivity contribution in [3.05, 3.63) is 60.4 Å². The Kier molecular flexibility index (Phi) is 2.89. The van der Waals surface area contributed by atoms with E-state index in [0.717, 1.165) is 16.9 Å². The topological polar surface area (TPSA) is 33.1 Å². The van der Waals surface area contributed by atoms with Crippen LogP contribution in [0, 0.1) is 0 Å². The molecule has 4 rings (SSSR count). The van der Waals surface area contributed by atoms with Crippen LogP contribution in [0.3, 0.4) is 0 Å². The number of nitrogens with one attached hydrogen (secondary N) is 1. The van der Waals surface area contributed by atoms with E-state index in [1.807, 2.05) is 18.2 Å². The van der Waals surface area contributed by atoms with Crippen molar-refractivity contribution < 1.29 is 0 Å². The molecule has 1 aromatic heterocycles. The molecule has 1 aliphatic heterocycles. The number of anilines is 2. The molecule has 0 fully saturated rings. The van der Waals surface area contributed by atoms with Gasteiger partial charge in [0.05, 0.1) is 22.4 Å². The fourth-order valence-electron chi connectivity index (χ4n) is 2.98. The van der Waals surface area contributed by atoms with Gasteiger partial charge in [-0.1, -0.05) is 24.3 Å². The van der Waals surface area contributed by atoms with E-state index in [0.29, 0.717) is 0 Å². The van der Waals surface area contributed by atoms with Gasteiger partial charge in [-0.05, 0) is 36.4 Å². The third-order valence-electron chi connectivity index (χ3n) is 4.25. The maximum atomic E-state index is 4.68. The van der Waals surface area contributed by atoms with Crippen LogP contribution in [-0.4, -0.2) is 22.8 Å². The van der Waals surface area contributed by atoms with Crippen molar-refractivity contribution >= 4 is 28.5 Å². The zero-order valence-electron chi connectivity index (χ0n) is 12.7. The van der Waals surface area contributed by atoms with Crippen LogP contribution in [0.15, 0.2) is 54.6 Å². The van der Waals surface area contributed by atoms with Crippen LogP contribution >= 0.6 is 0 Å². The van der Waals surface area contributed by atoms with Gasteiger partial charge in [0.25, 0.3) is 0 Å². The lowest BCUT2D eigenvalue weighted by molar-refractivity contribution is 0.879. The number of likely N-dealkylation sites (N-methyl/N-ethyl adjacent to an activating group) is 1. The Labute approximate surface area is 129 Å². The summed E-state index contributed by atoms with van der Waals surface area (Å²) in [6.45, 7) is 0. The number of hydrogen-bond donors (Lipinski definition) is 1. The second-order valence-corrected chi connectivity index (χ2v) is 5.59. The summed E-state index contributed by atoms with van der Waals surface area (Å²) in [4.78, 5) is 6.91. The van der Waals surface area contributed by atoms with Crippen molar-refractivity contribution in [1.29, 1.82) is 0 Å². The lowest BCUT2D eigenvalue weighted by Gasteiger charge is -2.18. The minimum atomic E-state index is 0.150. The Morgan fingerprint density at radius 3 is 2.64 bits per heavy atom. The van der Waals surface area contributed by atoms with Crippen LogP contribution in [0.5, 0.6) is 0 Å². The van der Waals surface area contributed by atoms with E-state index in [2.05, 4.69) is 76.3 Å². The third-order valence-corrected chi connectivity index (χ3v) is 4.25. The first-order chi connectivity index (χ1) is 10.7. The van der Waals surface area contributed by atoms with E-state index in [4.69, 9.17) is 0 Å². The Morgan fingerprint density at radius 1 is 1.05 bits per heavy atom. The molecule has 2 aromatic carbocycles. The van der Waals surface area contributed by atoms with E-state index in [-0.39, 0.29) is 6.17 Å². The molecule has 1 unspecified atom stereocenters. The Hall–Kier alpha value is -2.75. The molecule has 4 heteroatoms. The molecule has 4 nitrogen and oxygen atoms in total. The number of rotatable bonds is 2. The molecular formula is C18H18N4. The van der Waals surface area contributed by atoms with Crippen LogP contribution in [0.4, 0.5) is 11.4 Å². The molecule has 1 aliphatic rings. The van der Waals surface area contributed by atoms with E-state index < -0.39 is 0 Å². The predicted molar refractivity (Wildman–Crippen MR) is 92.0 cm³/mol. The monoisotopic (exact) mass is 290 g/mol. The molecule has 1 atom stereocenters. The molecule has 22 heavy (non-hydrogen) atoms. The minimum Gasteiger partial charge on any atom is -0.360 e. The Bertz CT molecular complexity index is 862. The van der Waals surface area contributed by atoms with E-state index >= 15 is 0 Å². The maximum absolute atomic E-state index is 4.68. The largest absolute Gasteiger partial charge is 0.360 e. The number of hydrogen-bond acceptors (Lipinski definition) is 3. The highest BCUT2D eigenvalue weighted by molar-refractivity contribution is 5.79. The summed E-state index contributed by atoms with van der Waals surface area (Å²) in [5, 5.41) is 3.51. The molecule has 0 amide bonds. The lowest BCUT2D eigenvalue weighted by Crippen LogP contribution is -2.29. The second-order valence-electron chi connectivity index (χ2n) is 5.59. The summed E-state index contributed by atoms with van der Waals surface area (Å²) < 4.78 is 2.12. The van der Waals surface area contributed by atoms with Crippen molar-refractivity contribution in [3.8, 4) is 0 Å². The van der Waals surface area contributed by atoms with Crippen molar-refractivity contribution in [3.63, 3.8) is 0 Å². The molecular weight excluding hydrogens is 272 g/mol. The van der Waals surface area contributed by atoms with Gasteiger partial charge in [-0.2, -0.15) is 0 Å². The molecule has 1 N–H and O–H groups in total. The Morgan fingerprint density at radius 2 is 1.82 bits per heavy atom. The Balaban J connectivity index is 1.64. The first kappa shape index (κ1) is 13.0. The number of imidazole rings is 1. The zero-order chi connectivity index (χ0) is 15.1. The number of para-hydroxylation sites is 4. The van der Waals surface area contributed by atoms with Gasteiger partial charge in [0.1, 0.15) is 12.0 Å². The second kappa shape index (κ2) is 4.91. The van der Waals surface area contributed by atoms with Crippen molar-refractivity contribution in [1.82, 2.24) is 9.55 Å². The molecule has 3 aromatic rings. The van der Waals surface area contributed by atoms with Gasteiger partial charge in [0, 0.05) is 14.1 Å². The SMILES string of the molecule is CN1c2ccccc2NC1/C=C/c1nc2ccccc2n1C. The van der Waals surface area contributed by atoms with Gasteiger partial charge in [0.15, 0.2) is 0 Å². The van der Waals surface area contributed by atoms with Gasteiger partial charge in [-0.25, -0.2) is 4.98 Å². The summed E-state index contributed by atoms with van der Waals surface area (Å²) >= 11 is 0. The van der Waals surface area contributed by atoms with E-state index in [9.17, 15) is 0 Å². The molecule has 0 radical (unpaired) electrons. The highest BCUT2D eigenvalue weighted by Gasteiger charge is 2.22. The quantitative estimate of drug-likeness (QED) is 0.784. The van der Waals surface area contributed by atoms with Gasteiger partial charge < -0.3 is 14.8 Å². The molecule has 0 saturated carbocycles. The molecule has 0 aliphatic carbocycles. The van der Waals surface area contributed by atoms with Crippen LogP contribution in [0.25, 0.3) is 17.1 Å². The molecule has 0 spiro atoms. The standard InChI is InChI=1S/C18H18N4/c1-21-15-9-5-3-7-13(15)19-17(21)11-12-18-20-14-8-4-6-10-16(14)22(18)2/h3-12,17,19H,1-2H3/b12-11+. The first-order valence-electron chi connectivity index (χ1n) is 7.42. The van der Waals surface area contributed by atoms with Gasteiger partial charge in [-0.15, -0.1) is 0 Å². The van der Waals surface area contributed by atoms with Crippen molar-refractivity contribution in [2.75, 3.05) is 17.3 Å². The minimum absolute atomic E-state index is 0.150. The van der Waals surface area contributed by atoms with Crippen LogP contribution in [0.1, 0.15) is 5.82 Å². The number of aryl methyl sites for hydroxylation is 1.